The summed E-state index contributed by atoms with van der Waals surface area (Å²) in [6.45, 7) is 2.04. The van der Waals surface area contributed by atoms with Gasteiger partial charge >= 0.3 is 0 Å². The van der Waals surface area contributed by atoms with Crippen molar-refractivity contribution in [1.82, 2.24) is 10.6 Å². The number of amides is 2. The third-order valence-electron chi connectivity index (χ3n) is 5.43. The van der Waals surface area contributed by atoms with E-state index in [-0.39, 0.29) is 35.7 Å². The highest BCUT2D eigenvalue weighted by atomic mass is 35.5. The second-order valence-electron chi connectivity index (χ2n) is 7.10. The average molecular weight is 349 g/mol. The van der Waals surface area contributed by atoms with Crippen molar-refractivity contribution in [3.8, 4) is 0 Å². The number of carbonyl (C=O) groups excluding carboxylic acids is 2. The summed E-state index contributed by atoms with van der Waals surface area (Å²) in [5, 5.41) is 6.94. The first-order valence-electron chi connectivity index (χ1n) is 8.90. The van der Waals surface area contributed by atoms with Gasteiger partial charge < -0.3 is 10.6 Å². The first-order valence-corrected chi connectivity index (χ1v) is 9.27. The van der Waals surface area contributed by atoms with Gasteiger partial charge in [0, 0.05) is 23.4 Å². The van der Waals surface area contributed by atoms with Gasteiger partial charge in [0.1, 0.15) is 0 Å². The molecule has 130 valence electrons. The van der Waals surface area contributed by atoms with Crippen LogP contribution in [0.4, 0.5) is 0 Å². The fraction of sp³-hybridized carbons (Fsp3) is 0.579. The molecule has 5 heteroatoms. The molecule has 2 amide bonds. The summed E-state index contributed by atoms with van der Waals surface area (Å²) < 4.78 is 0. The van der Waals surface area contributed by atoms with Crippen LogP contribution in [0.5, 0.6) is 0 Å². The maximum atomic E-state index is 12.9. The number of carbonyl (C=O) groups is 2. The van der Waals surface area contributed by atoms with E-state index < -0.39 is 0 Å². The molecule has 1 aliphatic carbocycles. The summed E-state index contributed by atoms with van der Waals surface area (Å²) in [5.41, 5.74) is 0.741. The van der Waals surface area contributed by atoms with Crippen LogP contribution < -0.4 is 10.6 Å². The van der Waals surface area contributed by atoms with E-state index in [0.29, 0.717) is 5.02 Å². The fourth-order valence-electron chi connectivity index (χ4n) is 4.05. The lowest BCUT2D eigenvalue weighted by Crippen LogP contribution is -2.51. The summed E-state index contributed by atoms with van der Waals surface area (Å²) in [4.78, 5) is 24.8. The van der Waals surface area contributed by atoms with Crippen molar-refractivity contribution in [2.45, 2.75) is 63.5 Å². The van der Waals surface area contributed by atoms with Crippen molar-refractivity contribution in [3.63, 3.8) is 0 Å². The van der Waals surface area contributed by atoms with Gasteiger partial charge in [-0.25, -0.2) is 0 Å². The Morgan fingerprint density at radius 1 is 1.38 bits per heavy atom. The molecule has 0 bridgehead atoms. The van der Waals surface area contributed by atoms with E-state index >= 15 is 0 Å². The van der Waals surface area contributed by atoms with Crippen LogP contribution in [-0.2, 0) is 15.1 Å². The van der Waals surface area contributed by atoms with Gasteiger partial charge in [-0.1, -0.05) is 43.5 Å². The van der Waals surface area contributed by atoms with Gasteiger partial charge in [-0.15, -0.1) is 0 Å². The standard InChI is InChI=1S/C19H25ClN2O2/c1-2-16-10-13(11-17(23)21-16)18(24)22-19(8-3-4-9-19)14-6-5-7-15(20)12-14/h5-7,12-13,16H,2-4,8-11H2,1H3,(H,21,23)(H,22,24)/t13-,16+/m0/s1. The summed E-state index contributed by atoms with van der Waals surface area (Å²) in [6, 6.07) is 7.89. The smallest absolute Gasteiger partial charge is 0.224 e. The molecular weight excluding hydrogens is 324 g/mol. The summed E-state index contributed by atoms with van der Waals surface area (Å²) in [7, 11) is 0. The van der Waals surface area contributed by atoms with E-state index in [1.165, 1.54) is 0 Å². The Morgan fingerprint density at radius 2 is 2.12 bits per heavy atom. The highest BCUT2D eigenvalue weighted by molar-refractivity contribution is 6.30. The van der Waals surface area contributed by atoms with Crippen molar-refractivity contribution in [1.29, 1.82) is 0 Å². The minimum atomic E-state index is -0.336. The molecule has 2 atom stereocenters. The Balaban J connectivity index is 1.78. The zero-order chi connectivity index (χ0) is 17.2. The summed E-state index contributed by atoms with van der Waals surface area (Å²) in [5.74, 6) is -0.248. The van der Waals surface area contributed by atoms with Crippen molar-refractivity contribution in [2.24, 2.45) is 5.92 Å². The number of benzene rings is 1. The van der Waals surface area contributed by atoms with E-state index in [0.717, 1.165) is 44.1 Å². The van der Waals surface area contributed by atoms with Crippen LogP contribution >= 0.6 is 11.6 Å². The van der Waals surface area contributed by atoms with Gasteiger partial charge in [0.15, 0.2) is 0 Å². The van der Waals surface area contributed by atoms with Crippen molar-refractivity contribution >= 4 is 23.4 Å². The summed E-state index contributed by atoms with van der Waals surface area (Å²) >= 11 is 6.16. The van der Waals surface area contributed by atoms with E-state index in [9.17, 15) is 9.59 Å². The highest BCUT2D eigenvalue weighted by Gasteiger charge is 2.40. The predicted octanol–water partition coefficient (Wildman–Crippen LogP) is 3.53. The minimum Gasteiger partial charge on any atom is -0.353 e. The highest BCUT2D eigenvalue weighted by Crippen LogP contribution is 2.40. The van der Waals surface area contributed by atoms with Crippen LogP contribution in [0.15, 0.2) is 24.3 Å². The molecule has 24 heavy (non-hydrogen) atoms. The number of piperidine rings is 1. The average Bonchev–Trinajstić information content (AvgIpc) is 3.04. The molecule has 1 aromatic rings. The van der Waals surface area contributed by atoms with Gasteiger partial charge in [-0.3, -0.25) is 9.59 Å². The van der Waals surface area contributed by atoms with Gasteiger partial charge in [0.05, 0.1) is 5.54 Å². The van der Waals surface area contributed by atoms with E-state index in [4.69, 9.17) is 11.6 Å². The number of halogens is 1. The van der Waals surface area contributed by atoms with Gasteiger partial charge in [-0.2, -0.15) is 0 Å². The number of hydrogen-bond acceptors (Lipinski definition) is 2. The van der Waals surface area contributed by atoms with Crippen LogP contribution in [0.2, 0.25) is 5.02 Å². The molecule has 1 saturated heterocycles. The lowest BCUT2D eigenvalue weighted by molar-refractivity contribution is -0.134. The molecule has 0 spiro atoms. The number of rotatable bonds is 4. The van der Waals surface area contributed by atoms with Gasteiger partial charge in [0.2, 0.25) is 11.8 Å². The lowest BCUT2D eigenvalue weighted by atomic mass is 9.85. The molecule has 0 aromatic heterocycles. The number of hydrogen-bond donors (Lipinski definition) is 2. The first kappa shape index (κ1) is 17.3. The Bertz CT molecular complexity index is 626. The monoisotopic (exact) mass is 348 g/mol. The summed E-state index contributed by atoms with van der Waals surface area (Å²) in [6.07, 6.45) is 5.90. The molecule has 1 aromatic carbocycles. The van der Waals surface area contributed by atoms with Gasteiger partial charge in [0.25, 0.3) is 0 Å². The van der Waals surface area contributed by atoms with Crippen LogP contribution in [0.3, 0.4) is 0 Å². The van der Waals surface area contributed by atoms with Gasteiger partial charge in [-0.05, 0) is 43.4 Å². The predicted molar refractivity (Wildman–Crippen MR) is 94.7 cm³/mol. The second-order valence-corrected chi connectivity index (χ2v) is 7.53. The lowest BCUT2D eigenvalue weighted by Gasteiger charge is -2.35. The molecule has 1 heterocycles. The Labute approximate surface area is 148 Å². The molecule has 0 unspecified atom stereocenters. The molecular formula is C19H25ClN2O2. The Hall–Kier alpha value is -1.55. The Morgan fingerprint density at radius 3 is 2.79 bits per heavy atom. The molecule has 1 saturated carbocycles. The quantitative estimate of drug-likeness (QED) is 0.874. The molecule has 4 nitrogen and oxygen atoms in total. The van der Waals surface area contributed by atoms with Crippen LogP contribution in [0.25, 0.3) is 0 Å². The van der Waals surface area contributed by atoms with Crippen LogP contribution in [-0.4, -0.2) is 17.9 Å². The third kappa shape index (κ3) is 3.59. The Kier molecular flexibility index (Phi) is 5.14. The zero-order valence-corrected chi connectivity index (χ0v) is 14.9. The zero-order valence-electron chi connectivity index (χ0n) is 14.1. The van der Waals surface area contributed by atoms with Crippen molar-refractivity contribution in [2.75, 3.05) is 0 Å². The van der Waals surface area contributed by atoms with Crippen LogP contribution in [0.1, 0.15) is 57.4 Å². The molecule has 2 aliphatic rings. The third-order valence-corrected chi connectivity index (χ3v) is 5.66. The topological polar surface area (TPSA) is 58.2 Å². The molecule has 0 radical (unpaired) electrons. The first-order chi connectivity index (χ1) is 11.5. The maximum Gasteiger partial charge on any atom is 0.224 e. The largest absolute Gasteiger partial charge is 0.353 e. The molecule has 2 fully saturated rings. The normalized spacial score (nSPS) is 26.0. The van der Waals surface area contributed by atoms with Crippen LogP contribution in [0, 0.1) is 5.92 Å². The van der Waals surface area contributed by atoms with E-state index in [1.807, 2.05) is 31.2 Å². The maximum absolute atomic E-state index is 12.9. The second kappa shape index (κ2) is 7.14. The van der Waals surface area contributed by atoms with Crippen molar-refractivity contribution < 1.29 is 9.59 Å². The van der Waals surface area contributed by atoms with Crippen molar-refractivity contribution in [3.05, 3.63) is 34.9 Å². The van der Waals surface area contributed by atoms with E-state index in [2.05, 4.69) is 10.6 Å². The minimum absolute atomic E-state index is 0.00479. The SMILES string of the molecule is CC[C@@H]1C[C@H](C(=O)NC2(c3cccc(Cl)c3)CCCC2)CC(=O)N1. The number of nitrogens with one attached hydrogen (secondary N) is 2. The molecule has 1 aliphatic heterocycles. The van der Waals surface area contributed by atoms with E-state index in [1.54, 1.807) is 0 Å². The molecule has 3 rings (SSSR count). The fourth-order valence-corrected chi connectivity index (χ4v) is 4.24. The molecule has 2 N–H and O–H groups in total.